The number of ether oxygens (including phenoxy) is 1. The molecule has 0 unspecified atom stereocenters. The van der Waals surface area contributed by atoms with Crippen LogP contribution in [0.3, 0.4) is 0 Å². The van der Waals surface area contributed by atoms with E-state index in [1.54, 1.807) is 6.07 Å². The molecule has 6 nitrogen and oxygen atoms in total. The van der Waals surface area contributed by atoms with E-state index in [0.29, 0.717) is 23.7 Å². The Morgan fingerprint density at radius 1 is 1.03 bits per heavy atom. The number of aryl methyl sites for hydroxylation is 3. The van der Waals surface area contributed by atoms with E-state index >= 15 is 0 Å². The van der Waals surface area contributed by atoms with Crippen molar-refractivity contribution in [2.75, 3.05) is 0 Å². The summed E-state index contributed by atoms with van der Waals surface area (Å²) in [5.74, 6) is -0.124. The largest absolute Gasteiger partial charge is 0.479 e. The highest BCUT2D eigenvalue weighted by molar-refractivity contribution is 6.08. The van der Waals surface area contributed by atoms with Gasteiger partial charge in [0.05, 0.1) is 11.0 Å². The molecule has 3 aromatic carbocycles. The van der Waals surface area contributed by atoms with Crippen LogP contribution in [0, 0.1) is 6.92 Å². The maximum Gasteiger partial charge on any atom is 0.344 e. The lowest BCUT2D eigenvalue weighted by Gasteiger charge is -2.12. The van der Waals surface area contributed by atoms with Crippen LogP contribution in [0.25, 0.3) is 11.0 Å². The zero-order chi connectivity index (χ0) is 23.4. The topological polar surface area (TPSA) is 81.4 Å². The third-order valence-electron chi connectivity index (χ3n) is 5.58. The molecule has 0 aliphatic rings. The normalized spacial score (nSPS) is 11.9. The van der Waals surface area contributed by atoms with Gasteiger partial charge in [-0.1, -0.05) is 54.1 Å². The van der Waals surface area contributed by atoms with Gasteiger partial charge in [0.1, 0.15) is 5.75 Å². The number of rotatable bonds is 9. The van der Waals surface area contributed by atoms with Gasteiger partial charge in [-0.3, -0.25) is 4.79 Å². The monoisotopic (exact) mass is 442 g/mol. The summed E-state index contributed by atoms with van der Waals surface area (Å²) in [6, 6.07) is 22.8. The number of para-hydroxylation sites is 2. The standard InChI is InChI=1S/C27H26N2O4/c1-18-12-14-21(15-13-18)25(30)26-28-23-10-3-4-11-24(23)29(26)16-6-8-20-7-5-9-22(17-20)33-19(2)27(31)32/h3-5,7,9-15,17,19H,6,8,16H2,1-2H3,(H,31,32)/t19-/m0/s1. The predicted molar refractivity (Wildman–Crippen MR) is 127 cm³/mol. The van der Waals surface area contributed by atoms with Crippen LogP contribution in [-0.4, -0.2) is 32.5 Å². The van der Waals surface area contributed by atoms with Crippen molar-refractivity contribution >= 4 is 22.8 Å². The average Bonchev–Trinajstić information content (AvgIpc) is 3.18. The molecule has 4 rings (SSSR count). The molecular formula is C27H26N2O4. The summed E-state index contributed by atoms with van der Waals surface area (Å²) >= 11 is 0. The molecule has 0 spiro atoms. The quantitative estimate of drug-likeness (QED) is 0.367. The van der Waals surface area contributed by atoms with Gasteiger partial charge in [-0.15, -0.1) is 0 Å². The molecule has 4 aromatic rings. The molecule has 0 aliphatic carbocycles. The van der Waals surface area contributed by atoms with Crippen molar-refractivity contribution in [3.63, 3.8) is 0 Å². The van der Waals surface area contributed by atoms with E-state index in [1.165, 1.54) is 6.92 Å². The van der Waals surface area contributed by atoms with Gasteiger partial charge in [-0.05, 0) is 56.5 Å². The predicted octanol–water partition coefficient (Wildman–Crippen LogP) is 5.06. The van der Waals surface area contributed by atoms with Crippen LogP contribution in [0.4, 0.5) is 0 Å². The van der Waals surface area contributed by atoms with Crippen LogP contribution < -0.4 is 4.74 Å². The fourth-order valence-electron chi connectivity index (χ4n) is 3.78. The van der Waals surface area contributed by atoms with Crippen molar-refractivity contribution in [2.24, 2.45) is 0 Å². The number of nitrogens with zero attached hydrogens (tertiary/aromatic N) is 2. The molecule has 0 fully saturated rings. The summed E-state index contributed by atoms with van der Waals surface area (Å²) in [7, 11) is 0. The minimum atomic E-state index is -1.00. The SMILES string of the molecule is Cc1ccc(C(=O)c2nc3ccccc3n2CCCc2cccc(O[C@@H](C)C(=O)O)c2)cc1. The van der Waals surface area contributed by atoms with E-state index in [-0.39, 0.29) is 5.78 Å². The molecule has 0 bridgehead atoms. The Balaban J connectivity index is 1.53. The maximum atomic E-state index is 13.2. The molecule has 0 saturated heterocycles. The number of aromatic nitrogens is 2. The molecule has 0 amide bonds. The Morgan fingerprint density at radius 3 is 2.55 bits per heavy atom. The van der Waals surface area contributed by atoms with Gasteiger partial charge in [0.25, 0.3) is 0 Å². The highest BCUT2D eigenvalue weighted by Crippen LogP contribution is 2.21. The van der Waals surface area contributed by atoms with Crippen molar-refractivity contribution in [2.45, 2.75) is 39.3 Å². The second kappa shape index (κ2) is 9.69. The summed E-state index contributed by atoms with van der Waals surface area (Å²) in [5.41, 5.74) is 4.49. The Bertz CT molecular complexity index is 1290. The van der Waals surface area contributed by atoms with Crippen molar-refractivity contribution in [1.82, 2.24) is 9.55 Å². The minimum Gasteiger partial charge on any atom is -0.479 e. The fourth-order valence-corrected chi connectivity index (χ4v) is 3.78. The zero-order valence-corrected chi connectivity index (χ0v) is 18.7. The van der Waals surface area contributed by atoms with Gasteiger partial charge < -0.3 is 14.4 Å². The van der Waals surface area contributed by atoms with Crippen LogP contribution in [0.15, 0.2) is 72.8 Å². The fraction of sp³-hybridized carbons (Fsp3) is 0.222. The molecule has 1 aromatic heterocycles. The second-order valence-electron chi connectivity index (χ2n) is 8.12. The molecule has 1 N–H and O–H groups in total. The van der Waals surface area contributed by atoms with Crippen molar-refractivity contribution < 1.29 is 19.4 Å². The van der Waals surface area contributed by atoms with E-state index in [4.69, 9.17) is 9.84 Å². The van der Waals surface area contributed by atoms with Crippen LogP contribution in [0.5, 0.6) is 5.75 Å². The first-order chi connectivity index (χ1) is 15.9. The minimum absolute atomic E-state index is 0.0933. The van der Waals surface area contributed by atoms with Gasteiger partial charge in [0.2, 0.25) is 5.78 Å². The number of hydrogen-bond donors (Lipinski definition) is 1. The third kappa shape index (κ3) is 5.12. The van der Waals surface area contributed by atoms with Crippen LogP contribution in [-0.2, 0) is 17.8 Å². The smallest absolute Gasteiger partial charge is 0.344 e. The van der Waals surface area contributed by atoms with E-state index < -0.39 is 12.1 Å². The van der Waals surface area contributed by atoms with E-state index in [9.17, 15) is 9.59 Å². The first-order valence-electron chi connectivity index (χ1n) is 11.0. The van der Waals surface area contributed by atoms with Gasteiger partial charge >= 0.3 is 5.97 Å². The molecule has 0 saturated carbocycles. The number of carbonyl (C=O) groups is 2. The maximum absolute atomic E-state index is 13.2. The van der Waals surface area contributed by atoms with E-state index in [2.05, 4.69) is 4.98 Å². The number of imidazole rings is 1. The number of aliphatic carboxylic acids is 1. The summed E-state index contributed by atoms with van der Waals surface area (Å²) in [6.45, 7) is 4.13. The lowest BCUT2D eigenvalue weighted by atomic mass is 10.1. The zero-order valence-electron chi connectivity index (χ0n) is 18.7. The molecule has 1 atom stereocenters. The number of benzene rings is 3. The molecular weight excluding hydrogens is 416 g/mol. The molecule has 1 heterocycles. The molecule has 0 radical (unpaired) electrons. The van der Waals surface area contributed by atoms with E-state index in [1.807, 2.05) is 78.2 Å². The molecule has 0 aliphatic heterocycles. The highest BCUT2D eigenvalue weighted by Gasteiger charge is 2.19. The van der Waals surface area contributed by atoms with E-state index in [0.717, 1.165) is 35.0 Å². The van der Waals surface area contributed by atoms with Gasteiger partial charge in [-0.2, -0.15) is 0 Å². The van der Waals surface area contributed by atoms with Crippen LogP contribution in [0.1, 0.15) is 40.7 Å². The summed E-state index contributed by atoms with van der Waals surface area (Å²) in [4.78, 5) is 28.9. The number of carboxylic acids is 1. The number of carbonyl (C=O) groups excluding carboxylic acids is 1. The Labute approximate surface area is 192 Å². The Hall–Kier alpha value is -3.93. The molecule has 168 valence electrons. The summed E-state index contributed by atoms with van der Waals surface area (Å²) in [6.07, 6.45) is 0.628. The average molecular weight is 443 g/mol. The third-order valence-corrected chi connectivity index (χ3v) is 5.58. The number of fused-ring (bicyclic) bond motifs is 1. The van der Waals surface area contributed by atoms with Gasteiger partial charge in [0, 0.05) is 12.1 Å². The summed E-state index contributed by atoms with van der Waals surface area (Å²) < 4.78 is 7.47. The lowest BCUT2D eigenvalue weighted by Crippen LogP contribution is -2.22. The first-order valence-corrected chi connectivity index (χ1v) is 11.0. The first kappa shape index (κ1) is 22.3. The number of carboxylic acid groups (broad SMARTS) is 1. The van der Waals surface area contributed by atoms with Crippen molar-refractivity contribution in [1.29, 1.82) is 0 Å². The van der Waals surface area contributed by atoms with Gasteiger partial charge in [0.15, 0.2) is 11.9 Å². The Kier molecular flexibility index (Phi) is 6.54. The second-order valence-corrected chi connectivity index (χ2v) is 8.12. The summed E-state index contributed by atoms with van der Waals surface area (Å²) in [5, 5.41) is 9.05. The molecule has 6 heteroatoms. The molecule has 33 heavy (non-hydrogen) atoms. The lowest BCUT2D eigenvalue weighted by molar-refractivity contribution is -0.144. The van der Waals surface area contributed by atoms with Crippen molar-refractivity contribution in [3.8, 4) is 5.75 Å². The van der Waals surface area contributed by atoms with Crippen molar-refractivity contribution in [3.05, 3.63) is 95.3 Å². The van der Waals surface area contributed by atoms with Crippen LogP contribution in [0.2, 0.25) is 0 Å². The van der Waals surface area contributed by atoms with Gasteiger partial charge in [-0.25, -0.2) is 9.78 Å². The van der Waals surface area contributed by atoms with Crippen LogP contribution >= 0.6 is 0 Å². The Morgan fingerprint density at radius 2 is 1.79 bits per heavy atom. The highest BCUT2D eigenvalue weighted by atomic mass is 16.5. The number of ketones is 1. The number of hydrogen-bond acceptors (Lipinski definition) is 4.